The number of pyridine rings is 1. The molecule has 1 saturated carbocycles. The number of benzene rings is 1. The topological polar surface area (TPSA) is 105 Å². The molecular weight excluding hydrogens is 456 g/mol. The van der Waals surface area contributed by atoms with Crippen molar-refractivity contribution in [3.05, 3.63) is 47.0 Å². The Balaban J connectivity index is 1.30. The third-order valence-electron chi connectivity index (χ3n) is 7.11. The van der Waals surface area contributed by atoms with Crippen molar-refractivity contribution in [2.75, 3.05) is 6.61 Å². The van der Waals surface area contributed by atoms with E-state index >= 15 is 0 Å². The molecule has 2 aliphatic rings. The van der Waals surface area contributed by atoms with Gasteiger partial charge in [0.05, 0.1) is 46.5 Å². The number of aliphatic hydroxyl groups excluding tert-OH is 1. The van der Waals surface area contributed by atoms with Crippen LogP contribution in [0.2, 0.25) is 5.02 Å². The van der Waals surface area contributed by atoms with Crippen LogP contribution >= 0.6 is 11.6 Å². The van der Waals surface area contributed by atoms with Crippen LogP contribution in [0.15, 0.2) is 36.4 Å². The lowest BCUT2D eigenvalue weighted by atomic mass is 9.78. The number of aromatic nitrogens is 2. The molecule has 0 bridgehead atoms. The van der Waals surface area contributed by atoms with Gasteiger partial charge in [0.15, 0.2) is 5.88 Å². The number of aliphatic hydroxyl groups is 1. The van der Waals surface area contributed by atoms with Crippen molar-refractivity contribution in [1.82, 2.24) is 9.97 Å². The van der Waals surface area contributed by atoms with Crippen molar-refractivity contribution in [1.29, 1.82) is 0 Å². The average Bonchev–Trinajstić information content (AvgIpc) is 3.44. The second-order valence-electron chi connectivity index (χ2n) is 9.48. The van der Waals surface area contributed by atoms with E-state index in [0.29, 0.717) is 35.5 Å². The lowest BCUT2D eigenvalue weighted by Gasteiger charge is -2.26. The van der Waals surface area contributed by atoms with Crippen LogP contribution in [0.25, 0.3) is 22.3 Å². The fourth-order valence-electron chi connectivity index (χ4n) is 5.10. The van der Waals surface area contributed by atoms with Gasteiger partial charge in [-0.1, -0.05) is 35.9 Å². The van der Waals surface area contributed by atoms with Gasteiger partial charge in [0.2, 0.25) is 0 Å². The SMILES string of the molecule is C[C@@H](Oc1cc2nc(-c3ccc(C4CCC(C(=O)O)CC4)cc3)c(Cl)cc2[nH]1)[C@@H]1C[C@H](O)CO1. The third kappa shape index (κ3) is 4.78. The predicted octanol–water partition coefficient (Wildman–Crippen LogP) is 5.16. The molecular formula is C26H29ClN2O5. The lowest BCUT2D eigenvalue weighted by molar-refractivity contribution is -0.142. The normalized spacial score (nSPS) is 26.0. The first-order chi connectivity index (χ1) is 16.4. The Bertz CT molecular complexity index is 1170. The Morgan fingerprint density at radius 3 is 2.59 bits per heavy atom. The highest BCUT2D eigenvalue weighted by molar-refractivity contribution is 6.33. The van der Waals surface area contributed by atoms with Crippen molar-refractivity contribution in [3.63, 3.8) is 0 Å². The Kier molecular flexibility index (Phi) is 6.51. The number of ether oxygens (including phenoxy) is 2. The van der Waals surface area contributed by atoms with Crippen LogP contribution in [0, 0.1) is 5.92 Å². The Hall–Kier alpha value is -2.61. The average molecular weight is 485 g/mol. The highest BCUT2D eigenvalue weighted by Crippen LogP contribution is 2.37. The van der Waals surface area contributed by atoms with Crippen LogP contribution < -0.4 is 4.74 Å². The van der Waals surface area contributed by atoms with E-state index in [1.807, 2.05) is 31.2 Å². The molecule has 2 aromatic heterocycles. The van der Waals surface area contributed by atoms with Crippen molar-refractivity contribution in [2.24, 2.45) is 5.92 Å². The van der Waals surface area contributed by atoms with E-state index in [9.17, 15) is 15.0 Å². The summed E-state index contributed by atoms with van der Waals surface area (Å²) in [5.74, 6) is 0.0940. The van der Waals surface area contributed by atoms with Gasteiger partial charge in [-0.3, -0.25) is 4.79 Å². The third-order valence-corrected chi connectivity index (χ3v) is 7.39. The highest BCUT2D eigenvalue weighted by atomic mass is 35.5. The van der Waals surface area contributed by atoms with Crippen LogP contribution in [-0.2, 0) is 9.53 Å². The molecule has 3 atom stereocenters. The number of nitrogens with zero attached hydrogens (tertiary/aromatic N) is 1. The zero-order valence-corrected chi connectivity index (χ0v) is 19.8. The summed E-state index contributed by atoms with van der Waals surface area (Å²) in [6.07, 6.45) is 3.03. The summed E-state index contributed by atoms with van der Waals surface area (Å²) < 4.78 is 11.6. The maximum Gasteiger partial charge on any atom is 0.306 e. The van der Waals surface area contributed by atoms with Crippen LogP contribution in [0.3, 0.4) is 0 Å². The Labute approximate surface area is 203 Å². The summed E-state index contributed by atoms with van der Waals surface area (Å²) in [6, 6.07) is 12.0. The standard InChI is InChI=1S/C26H29ClN2O5/c1-14(23-10-19(30)13-33-23)34-24-12-22-21(28-24)11-20(27)25(29-22)17-6-2-15(3-7-17)16-4-8-18(9-5-16)26(31)32/h2-3,6-7,11-12,14,16,18-19,23,28,30H,4-5,8-10,13H2,1H3,(H,31,32)/t14-,16?,18?,19+,23+/m1/s1. The van der Waals surface area contributed by atoms with E-state index in [4.69, 9.17) is 26.1 Å². The minimum Gasteiger partial charge on any atom is -0.481 e. The predicted molar refractivity (Wildman–Crippen MR) is 129 cm³/mol. The minimum absolute atomic E-state index is 0.147. The maximum atomic E-state index is 11.2. The molecule has 1 aliphatic carbocycles. The molecule has 3 N–H and O–H groups in total. The van der Waals surface area contributed by atoms with Gasteiger partial charge in [-0.2, -0.15) is 0 Å². The van der Waals surface area contributed by atoms with Crippen molar-refractivity contribution in [3.8, 4) is 17.1 Å². The zero-order valence-electron chi connectivity index (χ0n) is 19.0. The van der Waals surface area contributed by atoms with Gasteiger partial charge in [-0.15, -0.1) is 0 Å². The van der Waals surface area contributed by atoms with Crippen molar-refractivity contribution in [2.45, 2.75) is 63.3 Å². The number of hydrogen-bond donors (Lipinski definition) is 3. The van der Waals surface area contributed by atoms with Crippen molar-refractivity contribution < 1.29 is 24.5 Å². The number of fused-ring (bicyclic) bond motifs is 1. The number of carbonyl (C=O) groups is 1. The summed E-state index contributed by atoms with van der Waals surface area (Å²) in [7, 11) is 0. The number of carboxylic acids is 1. The first-order valence-electron chi connectivity index (χ1n) is 11.9. The Morgan fingerprint density at radius 1 is 1.21 bits per heavy atom. The van der Waals surface area contributed by atoms with E-state index < -0.39 is 12.1 Å². The van der Waals surface area contributed by atoms with Gasteiger partial charge >= 0.3 is 5.97 Å². The molecule has 3 heterocycles. The van der Waals surface area contributed by atoms with Gasteiger partial charge in [-0.05, 0) is 50.2 Å². The van der Waals surface area contributed by atoms with Gasteiger partial charge in [0.25, 0.3) is 0 Å². The van der Waals surface area contributed by atoms with Crippen LogP contribution in [0.5, 0.6) is 5.88 Å². The number of rotatable bonds is 6. The summed E-state index contributed by atoms with van der Waals surface area (Å²) in [5.41, 5.74) is 4.41. The number of H-pyrrole nitrogens is 1. The summed E-state index contributed by atoms with van der Waals surface area (Å²) in [5, 5.41) is 19.5. The second kappa shape index (κ2) is 9.56. The van der Waals surface area contributed by atoms with Crippen molar-refractivity contribution >= 4 is 28.6 Å². The summed E-state index contributed by atoms with van der Waals surface area (Å²) >= 11 is 6.58. The largest absolute Gasteiger partial charge is 0.481 e. The molecule has 2 fully saturated rings. The van der Waals surface area contributed by atoms with Crippen LogP contribution in [0.1, 0.15) is 50.5 Å². The highest BCUT2D eigenvalue weighted by Gasteiger charge is 2.30. The first-order valence-corrected chi connectivity index (χ1v) is 12.2. The molecule has 1 saturated heterocycles. The maximum absolute atomic E-state index is 11.2. The lowest BCUT2D eigenvalue weighted by Crippen LogP contribution is -2.28. The number of hydrogen-bond acceptors (Lipinski definition) is 5. The summed E-state index contributed by atoms with van der Waals surface area (Å²) in [6.45, 7) is 2.27. The number of aromatic amines is 1. The molecule has 0 spiro atoms. The van der Waals surface area contributed by atoms with E-state index in [-0.39, 0.29) is 18.1 Å². The monoisotopic (exact) mass is 484 g/mol. The fourth-order valence-corrected chi connectivity index (χ4v) is 5.36. The van der Waals surface area contributed by atoms with E-state index in [1.165, 1.54) is 5.56 Å². The molecule has 180 valence electrons. The number of nitrogens with one attached hydrogen (secondary N) is 1. The molecule has 3 aromatic rings. The minimum atomic E-state index is -0.677. The fraction of sp³-hybridized carbons (Fsp3) is 0.462. The van der Waals surface area contributed by atoms with Gasteiger partial charge in [0.1, 0.15) is 6.10 Å². The molecule has 8 heteroatoms. The van der Waals surface area contributed by atoms with E-state index in [2.05, 4.69) is 17.1 Å². The molecule has 5 rings (SSSR count). The molecule has 0 unspecified atom stereocenters. The van der Waals surface area contributed by atoms with Crippen LogP contribution in [-0.4, -0.2) is 51.1 Å². The van der Waals surface area contributed by atoms with Gasteiger partial charge < -0.3 is 24.7 Å². The summed E-state index contributed by atoms with van der Waals surface area (Å²) in [4.78, 5) is 19.2. The molecule has 1 aromatic carbocycles. The molecule has 34 heavy (non-hydrogen) atoms. The zero-order chi connectivity index (χ0) is 23.8. The van der Waals surface area contributed by atoms with E-state index in [0.717, 1.165) is 42.3 Å². The van der Waals surface area contributed by atoms with E-state index in [1.54, 1.807) is 0 Å². The molecule has 1 aliphatic heterocycles. The molecule has 7 nitrogen and oxygen atoms in total. The number of carboxylic acid groups (broad SMARTS) is 1. The Morgan fingerprint density at radius 2 is 1.94 bits per heavy atom. The van der Waals surface area contributed by atoms with Crippen LogP contribution in [0.4, 0.5) is 0 Å². The first kappa shape index (κ1) is 23.1. The van der Waals surface area contributed by atoms with Gasteiger partial charge in [0, 0.05) is 18.1 Å². The van der Waals surface area contributed by atoms with Gasteiger partial charge in [-0.25, -0.2) is 4.98 Å². The number of aliphatic carboxylic acids is 1. The quantitative estimate of drug-likeness (QED) is 0.446. The molecule has 0 radical (unpaired) electrons. The number of halogens is 1. The smallest absolute Gasteiger partial charge is 0.306 e. The molecule has 0 amide bonds. The second-order valence-corrected chi connectivity index (χ2v) is 9.89.